The minimum absolute atomic E-state index is 0.204. The van der Waals surface area contributed by atoms with E-state index in [9.17, 15) is 4.79 Å². The summed E-state index contributed by atoms with van der Waals surface area (Å²) in [5.41, 5.74) is 2.41. The van der Waals surface area contributed by atoms with Crippen LogP contribution in [-0.4, -0.2) is 24.3 Å². The molecule has 1 aliphatic rings. The average molecular weight is 220 g/mol. The predicted octanol–water partition coefficient (Wildman–Crippen LogP) is 1.89. The van der Waals surface area contributed by atoms with Crippen LogP contribution >= 0.6 is 0 Å². The van der Waals surface area contributed by atoms with Gasteiger partial charge in [-0.2, -0.15) is 0 Å². The number of benzene rings is 1. The molecular weight excluding hydrogens is 204 g/mol. The first kappa shape index (κ1) is 11.1. The quantitative estimate of drug-likeness (QED) is 0.824. The second-order valence-corrected chi connectivity index (χ2v) is 4.32. The van der Waals surface area contributed by atoms with E-state index in [-0.39, 0.29) is 6.42 Å². The van der Waals surface area contributed by atoms with Crippen LogP contribution in [-0.2, 0) is 22.4 Å². The van der Waals surface area contributed by atoms with E-state index in [1.54, 1.807) is 0 Å². The van der Waals surface area contributed by atoms with Crippen LogP contribution in [0.3, 0.4) is 0 Å². The third kappa shape index (κ3) is 3.07. The summed E-state index contributed by atoms with van der Waals surface area (Å²) >= 11 is 0. The molecule has 3 heteroatoms. The Morgan fingerprint density at radius 2 is 1.88 bits per heavy atom. The highest BCUT2D eigenvalue weighted by Crippen LogP contribution is 2.17. The van der Waals surface area contributed by atoms with E-state index in [4.69, 9.17) is 9.84 Å². The highest BCUT2D eigenvalue weighted by atomic mass is 16.5. The molecule has 0 amide bonds. The Bertz CT molecular complexity index is 352. The third-order valence-corrected chi connectivity index (χ3v) is 2.88. The summed E-state index contributed by atoms with van der Waals surface area (Å²) in [4.78, 5) is 10.4. The summed E-state index contributed by atoms with van der Waals surface area (Å²) in [7, 11) is 0. The van der Waals surface area contributed by atoms with Crippen molar-refractivity contribution in [2.45, 2.75) is 19.3 Å². The molecule has 0 saturated carbocycles. The molecule has 1 aromatic rings. The number of rotatable bonds is 5. The van der Waals surface area contributed by atoms with Gasteiger partial charge in [-0.1, -0.05) is 24.3 Å². The van der Waals surface area contributed by atoms with Gasteiger partial charge in [0.05, 0.1) is 13.2 Å². The van der Waals surface area contributed by atoms with Crippen LogP contribution in [0.2, 0.25) is 0 Å². The van der Waals surface area contributed by atoms with Gasteiger partial charge in [0.2, 0.25) is 0 Å². The van der Waals surface area contributed by atoms with E-state index in [2.05, 4.69) is 12.1 Å². The number of hydrogen-bond acceptors (Lipinski definition) is 2. The molecule has 1 N–H and O–H groups in total. The zero-order valence-corrected chi connectivity index (χ0v) is 9.19. The van der Waals surface area contributed by atoms with Crippen molar-refractivity contribution in [2.24, 2.45) is 5.92 Å². The number of carboxylic acid groups (broad SMARTS) is 1. The SMILES string of the molecule is O=C(O)CCc1ccc(CC2COC2)cc1. The first-order valence-corrected chi connectivity index (χ1v) is 5.61. The summed E-state index contributed by atoms with van der Waals surface area (Å²) in [6.07, 6.45) is 1.89. The molecule has 3 nitrogen and oxygen atoms in total. The minimum Gasteiger partial charge on any atom is -0.481 e. The monoisotopic (exact) mass is 220 g/mol. The maximum Gasteiger partial charge on any atom is 0.303 e. The normalized spacial score (nSPS) is 15.8. The van der Waals surface area contributed by atoms with E-state index >= 15 is 0 Å². The van der Waals surface area contributed by atoms with E-state index in [1.165, 1.54) is 5.56 Å². The van der Waals surface area contributed by atoms with Crippen LogP contribution in [0, 0.1) is 5.92 Å². The van der Waals surface area contributed by atoms with Crippen LogP contribution in [0.4, 0.5) is 0 Å². The topological polar surface area (TPSA) is 46.5 Å². The lowest BCUT2D eigenvalue weighted by atomic mass is 9.97. The molecule has 1 heterocycles. The van der Waals surface area contributed by atoms with Gasteiger partial charge < -0.3 is 9.84 Å². The van der Waals surface area contributed by atoms with Gasteiger partial charge in [-0.3, -0.25) is 4.79 Å². The van der Waals surface area contributed by atoms with Crippen LogP contribution in [0.5, 0.6) is 0 Å². The smallest absolute Gasteiger partial charge is 0.303 e. The molecule has 86 valence electrons. The molecule has 0 unspecified atom stereocenters. The van der Waals surface area contributed by atoms with Crippen LogP contribution in [0.1, 0.15) is 17.5 Å². The van der Waals surface area contributed by atoms with E-state index in [0.29, 0.717) is 12.3 Å². The number of hydrogen-bond donors (Lipinski definition) is 1. The Morgan fingerprint density at radius 1 is 1.25 bits per heavy atom. The first-order valence-electron chi connectivity index (χ1n) is 5.61. The Kier molecular flexibility index (Phi) is 3.57. The van der Waals surface area contributed by atoms with Crippen molar-refractivity contribution in [3.05, 3.63) is 35.4 Å². The average Bonchev–Trinajstić information content (AvgIpc) is 2.22. The fourth-order valence-corrected chi connectivity index (χ4v) is 1.83. The van der Waals surface area contributed by atoms with Gasteiger partial charge in [-0.25, -0.2) is 0 Å². The number of aliphatic carboxylic acids is 1. The van der Waals surface area contributed by atoms with Gasteiger partial charge in [-0.15, -0.1) is 0 Å². The number of carbonyl (C=O) groups is 1. The lowest BCUT2D eigenvalue weighted by molar-refractivity contribution is -0.136. The summed E-state index contributed by atoms with van der Waals surface area (Å²) in [5.74, 6) is -0.0689. The number of ether oxygens (including phenoxy) is 1. The van der Waals surface area contributed by atoms with Crippen LogP contribution in [0.25, 0.3) is 0 Å². The summed E-state index contributed by atoms with van der Waals surface area (Å²) in [6, 6.07) is 8.24. The first-order chi connectivity index (χ1) is 7.74. The second-order valence-electron chi connectivity index (χ2n) is 4.32. The van der Waals surface area contributed by atoms with Crippen molar-refractivity contribution < 1.29 is 14.6 Å². The molecule has 1 saturated heterocycles. The highest BCUT2D eigenvalue weighted by Gasteiger charge is 2.18. The molecule has 1 aromatic carbocycles. The Morgan fingerprint density at radius 3 is 2.38 bits per heavy atom. The van der Waals surface area contributed by atoms with Crippen molar-refractivity contribution in [1.82, 2.24) is 0 Å². The van der Waals surface area contributed by atoms with E-state index < -0.39 is 5.97 Å². The van der Waals surface area contributed by atoms with Crippen molar-refractivity contribution in [1.29, 1.82) is 0 Å². The zero-order chi connectivity index (χ0) is 11.4. The Labute approximate surface area is 95.0 Å². The fraction of sp³-hybridized carbons (Fsp3) is 0.462. The van der Waals surface area contributed by atoms with E-state index in [1.807, 2.05) is 12.1 Å². The second kappa shape index (κ2) is 5.12. The van der Waals surface area contributed by atoms with Gasteiger partial charge in [0.25, 0.3) is 0 Å². The lowest BCUT2D eigenvalue weighted by Crippen LogP contribution is -2.29. The molecule has 1 aliphatic heterocycles. The summed E-state index contributed by atoms with van der Waals surface area (Å²) < 4.78 is 5.13. The van der Waals surface area contributed by atoms with E-state index in [0.717, 1.165) is 25.2 Å². The zero-order valence-electron chi connectivity index (χ0n) is 9.19. The number of carboxylic acids is 1. The molecule has 0 spiro atoms. The highest BCUT2D eigenvalue weighted by molar-refractivity contribution is 5.67. The molecule has 2 rings (SSSR count). The lowest BCUT2D eigenvalue weighted by Gasteiger charge is -2.25. The molecule has 0 radical (unpaired) electrons. The van der Waals surface area contributed by atoms with Gasteiger partial charge in [0.1, 0.15) is 0 Å². The van der Waals surface area contributed by atoms with Gasteiger partial charge >= 0.3 is 5.97 Å². The summed E-state index contributed by atoms with van der Waals surface area (Å²) in [6.45, 7) is 1.75. The molecular formula is C13H16O3. The van der Waals surface area contributed by atoms with Crippen molar-refractivity contribution in [3.8, 4) is 0 Å². The maximum atomic E-state index is 10.4. The van der Waals surface area contributed by atoms with Crippen molar-refractivity contribution in [2.75, 3.05) is 13.2 Å². The summed E-state index contributed by atoms with van der Waals surface area (Å²) in [5, 5.41) is 8.57. The molecule has 1 fully saturated rings. The standard InChI is InChI=1S/C13H16O3/c14-13(15)6-5-10-1-3-11(4-2-10)7-12-8-16-9-12/h1-4,12H,5-9H2,(H,14,15). The molecule has 16 heavy (non-hydrogen) atoms. The minimum atomic E-state index is -0.740. The van der Waals surface area contributed by atoms with Crippen LogP contribution in [0.15, 0.2) is 24.3 Å². The third-order valence-electron chi connectivity index (χ3n) is 2.88. The molecule has 0 atom stereocenters. The molecule has 0 aliphatic carbocycles. The molecule has 0 bridgehead atoms. The van der Waals surface area contributed by atoms with Crippen molar-refractivity contribution in [3.63, 3.8) is 0 Å². The molecule has 0 aromatic heterocycles. The van der Waals surface area contributed by atoms with Gasteiger partial charge in [0.15, 0.2) is 0 Å². The van der Waals surface area contributed by atoms with Crippen LogP contribution < -0.4 is 0 Å². The Hall–Kier alpha value is -1.35. The van der Waals surface area contributed by atoms with Gasteiger partial charge in [-0.05, 0) is 24.0 Å². The fourth-order valence-electron chi connectivity index (χ4n) is 1.83. The van der Waals surface area contributed by atoms with Crippen molar-refractivity contribution >= 4 is 5.97 Å². The number of aryl methyl sites for hydroxylation is 1. The Balaban J connectivity index is 1.85. The maximum absolute atomic E-state index is 10.4. The van der Waals surface area contributed by atoms with Gasteiger partial charge in [0, 0.05) is 12.3 Å². The predicted molar refractivity (Wildman–Crippen MR) is 60.4 cm³/mol. The largest absolute Gasteiger partial charge is 0.481 e.